The van der Waals surface area contributed by atoms with Gasteiger partial charge >= 0.3 is 0 Å². The SMILES string of the molecule is CCOc1cc(/C=C2\NC(=S)N(CC)C2=O)cc(I)c1O. The highest BCUT2D eigenvalue weighted by atomic mass is 127. The predicted octanol–water partition coefficient (Wildman–Crippen LogP) is 2.47. The Kier molecular flexibility index (Phi) is 5.04. The van der Waals surface area contributed by atoms with Crippen LogP contribution in [0.3, 0.4) is 0 Å². The number of rotatable bonds is 4. The molecule has 1 aromatic rings. The molecule has 1 fully saturated rings. The zero-order chi connectivity index (χ0) is 15.6. The van der Waals surface area contributed by atoms with Crippen LogP contribution in [0, 0.1) is 3.57 Å². The zero-order valence-corrected chi connectivity index (χ0v) is 14.6. The van der Waals surface area contributed by atoms with Gasteiger partial charge in [-0.3, -0.25) is 9.69 Å². The Morgan fingerprint density at radius 3 is 2.76 bits per heavy atom. The van der Waals surface area contributed by atoms with Gasteiger partial charge in [0.05, 0.1) is 10.2 Å². The van der Waals surface area contributed by atoms with E-state index in [4.69, 9.17) is 17.0 Å². The molecule has 0 aromatic heterocycles. The number of phenols is 1. The standard InChI is InChI=1S/C14H15IN2O3S/c1-3-17-13(19)10(16-14(17)21)6-8-5-9(15)12(18)11(7-8)20-4-2/h5-7,18H,3-4H2,1-2H3,(H,16,21)/b10-6-. The minimum absolute atomic E-state index is 0.107. The molecule has 1 aliphatic heterocycles. The Hall–Kier alpha value is -1.35. The Morgan fingerprint density at radius 1 is 1.48 bits per heavy atom. The van der Waals surface area contributed by atoms with E-state index in [9.17, 15) is 9.90 Å². The van der Waals surface area contributed by atoms with Crippen molar-refractivity contribution in [1.82, 2.24) is 10.2 Å². The first-order valence-electron chi connectivity index (χ1n) is 6.47. The molecule has 0 radical (unpaired) electrons. The molecule has 2 N–H and O–H groups in total. The molecule has 0 spiro atoms. The smallest absolute Gasteiger partial charge is 0.276 e. The van der Waals surface area contributed by atoms with Crippen LogP contribution in [-0.2, 0) is 4.79 Å². The minimum atomic E-state index is -0.149. The highest BCUT2D eigenvalue weighted by Gasteiger charge is 2.29. The van der Waals surface area contributed by atoms with Gasteiger partial charge in [0, 0.05) is 6.54 Å². The molecule has 1 heterocycles. The van der Waals surface area contributed by atoms with E-state index in [0.717, 1.165) is 5.56 Å². The van der Waals surface area contributed by atoms with Crippen molar-refractivity contribution < 1.29 is 14.6 Å². The van der Waals surface area contributed by atoms with E-state index >= 15 is 0 Å². The van der Waals surface area contributed by atoms with Gasteiger partial charge < -0.3 is 15.2 Å². The van der Waals surface area contributed by atoms with Crippen LogP contribution in [0.2, 0.25) is 0 Å². The Labute approximate surface area is 142 Å². The second kappa shape index (κ2) is 6.61. The minimum Gasteiger partial charge on any atom is -0.504 e. The number of aromatic hydroxyl groups is 1. The Balaban J connectivity index is 2.37. The molecule has 1 aromatic carbocycles. The zero-order valence-electron chi connectivity index (χ0n) is 11.6. The van der Waals surface area contributed by atoms with Crippen molar-refractivity contribution in [2.45, 2.75) is 13.8 Å². The summed E-state index contributed by atoms with van der Waals surface area (Å²) in [6.07, 6.45) is 1.70. The summed E-state index contributed by atoms with van der Waals surface area (Å²) in [6.45, 7) is 4.69. The molecule has 1 saturated heterocycles. The number of thiocarbonyl (C=S) groups is 1. The van der Waals surface area contributed by atoms with Crippen molar-refractivity contribution >= 4 is 51.9 Å². The fraction of sp³-hybridized carbons (Fsp3) is 0.286. The number of amides is 1. The van der Waals surface area contributed by atoms with Crippen LogP contribution in [0.4, 0.5) is 0 Å². The first-order valence-corrected chi connectivity index (χ1v) is 7.96. The van der Waals surface area contributed by atoms with Crippen molar-refractivity contribution in [3.05, 3.63) is 27.0 Å². The molecule has 7 heteroatoms. The molecule has 2 rings (SSSR count). The number of nitrogens with one attached hydrogen (secondary N) is 1. The molecular weight excluding hydrogens is 403 g/mol. The van der Waals surface area contributed by atoms with Gasteiger partial charge in [-0.05, 0) is 72.4 Å². The van der Waals surface area contributed by atoms with E-state index < -0.39 is 0 Å². The number of carbonyl (C=O) groups excluding carboxylic acids is 1. The summed E-state index contributed by atoms with van der Waals surface area (Å²) in [7, 11) is 0. The third-order valence-electron chi connectivity index (χ3n) is 2.94. The number of hydrogen-bond acceptors (Lipinski definition) is 4. The van der Waals surface area contributed by atoms with Gasteiger partial charge in [0.2, 0.25) is 0 Å². The maximum absolute atomic E-state index is 12.1. The summed E-state index contributed by atoms with van der Waals surface area (Å²) in [5.74, 6) is 0.358. The molecule has 0 atom stereocenters. The van der Waals surface area contributed by atoms with Crippen LogP contribution >= 0.6 is 34.8 Å². The third kappa shape index (κ3) is 3.29. The molecular formula is C14H15IN2O3S. The molecule has 5 nitrogen and oxygen atoms in total. The lowest BCUT2D eigenvalue weighted by Gasteiger charge is -2.09. The van der Waals surface area contributed by atoms with Crippen LogP contribution < -0.4 is 10.1 Å². The maximum atomic E-state index is 12.1. The van der Waals surface area contributed by atoms with Crippen molar-refractivity contribution in [2.24, 2.45) is 0 Å². The van der Waals surface area contributed by atoms with E-state index in [1.165, 1.54) is 4.90 Å². The number of phenolic OH excluding ortho intramolecular Hbond substituents is 1. The topological polar surface area (TPSA) is 61.8 Å². The number of nitrogens with zero attached hydrogens (tertiary/aromatic N) is 1. The molecule has 1 amide bonds. The van der Waals surface area contributed by atoms with Gasteiger partial charge in [0.1, 0.15) is 5.70 Å². The summed E-state index contributed by atoms with van der Waals surface area (Å²) in [4.78, 5) is 13.6. The van der Waals surface area contributed by atoms with Crippen LogP contribution in [0.1, 0.15) is 19.4 Å². The summed E-state index contributed by atoms with van der Waals surface area (Å²) in [5, 5.41) is 13.2. The fourth-order valence-corrected chi connectivity index (χ4v) is 2.92. The van der Waals surface area contributed by atoms with Gasteiger partial charge in [-0.2, -0.15) is 0 Å². The van der Waals surface area contributed by atoms with Gasteiger partial charge in [-0.25, -0.2) is 0 Å². The largest absolute Gasteiger partial charge is 0.504 e. The molecule has 1 aliphatic rings. The number of halogens is 1. The molecule has 21 heavy (non-hydrogen) atoms. The van der Waals surface area contributed by atoms with Crippen molar-refractivity contribution in [1.29, 1.82) is 0 Å². The number of hydrogen-bond donors (Lipinski definition) is 2. The summed E-state index contributed by atoms with van der Waals surface area (Å²) in [5.41, 5.74) is 1.18. The van der Waals surface area contributed by atoms with Crippen LogP contribution in [0.15, 0.2) is 17.8 Å². The quantitative estimate of drug-likeness (QED) is 0.447. The Bertz CT molecular complexity index is 631. The lowest BCUT2D eigenvalue weighted by atomic mass is 10.1. The molecule has 112 valence electrons. The van der Waals surface area contributed by atoms with E-state index in [1.807, 2.05) is 36.4 Å². The molecule has 0 saturated carbocycles. The molecule has 0 unspecified atom stereocenters. The average Bonchev–Trinajstić information content (AvgIpc) is 2.70. The monoisotopic (exact) mass is 418 g/mol. The number of ether oxygens (including phenoxy) is 1. The third-order valence-corrected chi connectivity index (χ3v) is 4.08. The van der Waals surface area contributed by atoms with E-state index in [0.29, 0.717) is 33.3 Å². The van der Waals surface area contributed by atoms with E-state index in [2.05, 4.69) is 5.32 Å². The second-order valence-corrected chi connectivity index (χ2v) is 5.87. The van der Waals surface area contributed by atoms with Gasteiger partial charge in [0.15, 0.2) is 16.6 Å². The van der Waals surface area contributed by atoms with E-state index in [-0.39, 0.29) is 11.7 Å². The first kappa shape index (κ1) is 16.0. The van der Waals surface area contributed by atoms with E-state index in [1.54, 1.807) is 18.2 Å². The van der Waals surface area contributed by atoms with Crippen LogP contribution in [0.25, 0.3) is 6.08 Å². The number of likely N-dealkylation sites (N-methyl/N-ethyl adjacent to an activating group) is 1. The predicted molar refractivity (Wildman–Crippen MR) is 93.1 cm³/mol. The number of carbonyl (C=O) groups is 1. The molecule has 0 aliphatic carbocycles. The highest BCUT2D eigenvalue weighted by Crippen LogP contribution is 2.33. The van der Waals surface area contributed by atoms with Gasteiger partial charge in [0.25, 0.3) is 5.91 Å². The molecule has 0 bridgehead atoms. The highest BCUT2D eigenvalue weighted by molar-refractivity contribution is 14.1. The lowest BCUT2D eigenvalue weighted by molar-refractivity contribution is -0.122. The Morgan fingerprint density at radius 2 is 2.19 bits per heavy atom. The maximum Gasteiger partial charge on any atom is 0.276 e. The van der Waals surface area contributed by atoms with Crippen molar-refractivity contribution in [3.63, 3.8) is 0 Å². The van der Waals surface area contributed by atoms with Crippen molar-refractivity contribution in [3.8, 4) is 11.5 Å². The fourth-order valence-electron chi connectivity index (χ4n) is 1.97. The number of benzene rings is 1. The van der Waals surface area contributed by atoms with Crippen molar-refractivity contribution in [2.75, 3.05) is 13.2 Å². The lowest BCUT2D eigenvalue weighted by Crippen LogP contribution is -2.30. The summed E-state index contributed by atoms with van der Waals surface area (Å²) in [6, 6.07) is 3.47. The van der Waals surface area contributed by atoms with Gasteiger partial charge in [-0.15, -0.1) is 0 Å². The average molecular weight is 418 g/mol. The second-order valence-electron chi connectivity index (χ2n) is 4.32. The van der Waals surface area contributed by atoms with Crippen LogP contribution in [-0.4, -0.2) is 34.2 Å². The van der Waals surface area contributed by atoms with Crippen LogP contribution in [0.5, 0.6) is 11.5 Å². The summed E-state index contributed by atoms with van der Waals surface area (Å²) < 4.78 is 6.05. The summed E-state index contributed by atoms with van der Waals surface area (Å²) >= 11 is 7.13. The van der Waals surface area contributed by atoms with Gasteiger partial charge in [-0.1, -0.05) is 0 Å². The first-order chi connectivity index (χ1) is 9.97. The normalized spacial score (nSPS) is 16.5.